The maximum absolute atomic E-state index is 6.00. The highest BCUT2D eigenvalue weighted by Crippen LogP contribution is 2.46. The molecule has 1 aliphatic carbocycles. The van der Waals surface area contributed by atoms with Crippen molar-refractivity contribution in [1.82, 2.24) is 15.0 Å². The maximum Gasteiger partial charge on any atom is 0.227 e. The van der Waals surface area contributed by atoms with Gasteiger partial charge in [-0.15, -0.1) is 0 Å². The lowest BCUT2D eigenvalue weighted by molar-refractivity contribution is 1.05. The Labute approximate surface area is 142 Å². The van der Waals surface area contributed by atoms with Crippen molar-refractivity contribution in [2.45, 2.75) is 18.8 Å². The number of nitrogens with one attached hydrogen (secondary N) is 1. The molecule has 0 saturated heterocycles. The third-order valence-corrected chi connectivity index (χ3v) is 4.76. The van der Waals surface area contributed by atoms with Crippen LogP contribution in [-0.2, 0) is 0 Å². The molecule has 0 aliphatic heterocycles. The Balaban J connectivity index is 1.66. The summed E-state index contributed by atoms with van der Waals surface area (Å²) in [5.74, 6) is 1.05. The lowest BCUT2D eigenvalue weighted by atomic mass is 10.2. The zero-order valence-corrected chi connectivity index (χ0v) is 13.7. The fourth-order valence-corrected chi connectivity index (χ4v) is 3.49. The number of nitrogen functional groups attached to an aromatic ring is 1. The minimum absolute atomic E-state index is 0.526. The van der Waals surface area contributed by atoms with E-state index in [1.807, 2.05) is 30.3 Å². The van der Waals surface area contributed by atoms with Gasteiger partial charge in [0, 0.05) is 22.8 Å². The Morgan fingerprint density at radius 1 is 1.22 bits per heavy atom. The number of aromatic nitrogens is 3. The Morgan fingerprint density at radius 3 is 2.87 bits per heavy atom. The van der Waals surface area contributed by atoms with E-state index in [1.165, 1.54) is 24.2 Å². The Morgan fingerprint density at radius 2 is 2.09 bits per heavy atom. The van der Waals surface area contributed by atoms with Gasteiger partial charge in [-0.3, -0.25) is 0 Å². The van der Waals surface area contributed by atoms with E-state index in [4.69, 9.17) is 17.3 Å². The van der Waals surface area contributed by atoms with Gasteiger partial charge >= 0.3 is 0 Å². The number of anilines is 3. The van der Waals surface area contributed by atoms with Gasteiger partial charge in [0.05, 0.1) is 16.3 Å². The van der Waals surface area contributed by atoms with E-state index in [-0.39, 0.29) is 0 Å². The molecule has 1 aromatic carbocycles. The molecule has 23 heavy (non-hydrogen) atoms. The molecule has 7 heteroatoms. The molecule has 0 unspecified atom stereocenters. The van der Waals surface area contributed by atoms with Crippen LogP contribution in [0.2, 0.25) is 5.02 Å². The molecule has 2 heterocycles. The monoisotopic (exact) mass is 343 g/mol. The first-order chi connectivity index (χ1) is 11.2. The molecule has 3 N–H and O–H groups in total. The third kappa shape index (κ3) is 3.13. The number of nitrogens with zero attached hydrogens (tertiary/aromatic N) is 3. The van der Waals surface area contributed by atoms with Gasteiger partial charge in [0.1, 0.15) is 0 Å². The largest absolute Gasteiger partial charge is 0.375 e. The molecule has 2 aromatic heterocycles. The Bertz CT molecular complexity index is 859. The van der Waals surface area contributed by atoms with Gasteiger partial charge in [0.25, 0.3) is 0 Å². The fourth-order valence-electron chi connectivity index (χ4n) is 2.41. The van der Waals surface area contributed by atoms with E-state index in [1.54, 1.807) is 6.20 Å². The van der Waals surface area contributed by atoms with E-state index in [9.17, 15) is 0 Å². The van der Waals surface area contributed by atoms with E-state index >= 15 is 0 Å². The number of rotatable bonds is 4. The molecular weight excluding hydrogens is 330 g/mol. The first kappa shape index (κ1) is 14.4. The van der Waals surface area contributed by atoms with E-state index < -0.39 is 0 Å². The van der Waals surface area contributed by atoms with Crippen molar-refractivity contribution in [3.05, 3.63) is 47.2 Å². The van der Waals surface area contributed by atoms with Gasteiger partial charge in [-0.1, -0.05) is 29.0 Å². The van der Waals surface area contributed by atoms with Gasteiger partial charge in [-0.2, -0.15) is 0 Å². The second kappa shape index (κ2) is 5.79. The summed E-state index contributed by atoms with van der Waals surface area (Å²) in [5.41, 5.74) is 8.66. The second-order valence-electron chi connectivity index (χ2n) is 5.44. The molecule has 5 nitrogen and oxygen atoms in total. The summed E-state index contributed by atoms with van der Waals surface area (Å²) in [7, 11) is 0. The fraction of sp³-hybridized carbons (Fsp3) is 0.188. The number of halogens is 1. The predicted molar refractivity (Wildman–Crippen MR) is 94.3 cm³/mol. The average Bonchev–Trinajstić information content (AvgIpc) is 3.30. The first-order valence-electron chi connectivity index (χ1n) is 7.31. The zero-order valence-electron chi connectivity index (χ0n) is 12.2. The van der Waals surface area contributed by atoms with Crippen molar-refractivity contribution < 1.29 is 0 Å². The smallest absolute Gasteiger partial charge is 0.227 e. The summed E-state index contributed by atoms with van der Waals surface area (Å²) in [6, 6.07) is 9.34. The lowest BCUT2D eigenvalue weighted by Crippen LogP contribution is -1.98. The number of thiazole rings is 1. The van der Waals surface area contributed by atoms with Crippen LogP contribution in [-0.4, -0.2) is 15.0 Å². The van der Waals surface area contributed by atoms with Gasteiger partial charge in [-0.25, -0.2) is 15.0 Å². The van der Waals surface area contributed by atoms with Crippen LogP contribution in [0.3, 0.4) is 0 Å². The summed E-state index contributed by atoms with van der Waals surface area (Å²) in [4.78, 5) is 14.4. The molecule has 0 radical (unpaired) electrons. The van der Waals surface area contributed by atoms with Crippen molar-refractivity contribution in [3.63, 3.8) is 0 Å². The summed E-state index contributed by atoms with van der Waals surface area (Å²) in [6.07, 6.45) is 4.09. The molecule has 3 aromatic rings. The van der Waals surface area contributed by atoms with Crippen LogP contribution in [0, 0.1) is 0 Å². The van der Waals surface area contributed by atoms with Crippen molar-refractivity contribution in [3.8, 4) is 10.6 Å². The molecular formula is C16H14ClN5S. The number of hydrogen-bond donors (Lipinski definition) is 2. The van der Waals surface area contributed by atoms with Gasteiger partial charge in [0.2, 0.25) is 5.95 Å². The normalized spacial score (nSPS) is 14.0. The minimum Gasteiger partial charge on any atom is -0.375 e. The number of hydrogen-bond acceptors (Lipinski definition) is 6. The molecule has 1 fully saturated rings. The second-order valence-corrected chi connectivity index (χ2v) is 6.91. The van der Waals surface area contributed by atoms with Crippen LogP contribution in [0.15, 0.2) is 36.5 Å². The highest BCUT2D eigenvalue weighted by molar-refractivity contribution is 7.18. The first-order valence-corrected chi connectivity index (χ1v) is 8.51. The van der Waals surface area contributed by atoms with Crippen LogP contribution in [0.4, 0.5) is 16.8 Å². The van der Waals surface area contributed by atoms with Crippen LogP contribution in [0.5, 0.6) is 0 Å². The molecule has 1 aliphatic rings. The Kier molecular flexibility index (Phi) is 3.63. The predicted octanol–water partition coefficient (Wildman–Crippen LogP) is 4.46. The molecule has 1 saturated carbocycles. The van der Waals surface area contributed by atoms with Crippen LogP contribution < -0.4 is 11.1 Å². The molecule has 0 bridgehead atoms. The summed E-state index contributed by atoms with van der Waals surface area (Å²) < 4.78 is 0. The molecule has 4 rings (SSSR count). The molecule has 116 valence electrons. The van der Waals surface area contributed by atoms with Crippen molar-refractivity contribution in [2.75, 3.05) is 11.1 Å². The zero-order chi connectivity index (χ0) is 15.8. The lowest BCUT2D eigenvalue weighted by Gasteiger charge is -2.06. The summed E-state index contributed by atoms with van der Waals surface area (Å²) >= 11 is 7.48. The molecule has 0 spiro atoms. The van der Waals surface area contributed by atoms with Gasteiger partial charge in [0.15, 0.2) is 5.13 Å². The molecule has 0 amide bonds. The van der Waals surface area contributed by atoms with E-state index in [0.29, 0.717) is 22.0 Å². The quantitative estimate of drug-likeness (QED) is 0.731. The van der Waals surface area contributed by atoms with E-state index in [0.717, 1.165) is 22.0 Å². The molecule has 0 atom stereocenters. The number of nitrogens with two attached hydrogens (primary N) is 1. The Hall–Kier alpha value is -2.18. The van der Waals surface area contributed by atoms with Crippen molar-refractivity contribution >= 4 is 39.7 Å². The SMILES string of the molecule is Nc1nc(C2CC2)c(-c2ccnc(Nc3cccc(Cl)c3)n2)s1. The minimum atomic E-state index is 0.526. The topological polar surface area (TPSA) is 76.7 Å². The number of benzene rings is 1. The third-order valence-electron chi connectivity index (χ3n) is 3.60. The highest BCUT2D eigenvalue weighted by Gasteiger charge is 2.30. The highest BCUT2D eigenvalue weighted by atomic mass is 35.5. The van der Waals surface area contributed by atoms with Crippen LogP contribution >= 0.6 is 22.9 Å². The van der Waals surface area contributed by atoms with Gasteiger partial charge < -0.3 is 11.1 Å². The average molecular weight is 344 g/mol. The van der Waals surface area contributed by atoms with E-state index in [2.05, 4.69) is 20.3 Å². The summed E-state index contributed by atoms with van der Waals surface area (Å²) in [6.45, 7) is 0. The van der Waals surface area contributed by atoms with Crippen molar-refractivity contribution in [2.24, 2.45) is 0 Å². The van der Waals surface area contributed by atoms with Crippen molar-refractivity contribution in [1.29, 1.82) is 0 Å². The summed E-state index contributed by atoms with van der Waals surface area (Å²) in [5, 5.41) is 4.42. The van der Waals surface area contributed by atoms with Crippen LogP contribution in [0.1, 0.15) is 24.5 Å². The van der Waals surface area contributed by atoms with Gasteiger partial charge in [-0.05, 0) is 37.1 Å². The standard InChI is InChI=1S/C16H14ClN5S/c17-10-2-1-3-11(8-10)20-16-19-7-6-12(21-16)14-13(9-4-5-9)22-15(18)23-14/h1-3,6-9H,4-5H2,(H2,18,22)(H,19,20,21). The van der Waals surface area contributed by atoms with Crippen LogP contribution in [0.25, 0.3) is 10.6 Å². The maximum atomic E-state index is 6.00.